The van der Waals surface area contributed by atoms with E-state index in [1.807, 2.05) is 16.7 Å². The van der Waals surface area contributed by atoms with Gasteiger partial charge in [-0.1, -0.05) is 12.0 Å². The molecular formula is C12H19N5O2. The molecule has 1 aliphatic carbocycles. The molecule has 104 valence electrons. The SMILES string of the molecule is CCc1nnc(N2CCN(C(=O)NC3CC3)CC2)o1. The molecule has 0 spiro atoms. The van der Waals surface area contributed by atoms with E-state index in [9.17, 15) is 4.79 Å². The fraction of sp³-hybridized carbons (Fsp3) is 0.750. The number of nitrogens with zero attached hydrogens (tertiary/aromatic N) is 4. The first-order valence-corrected chi connectivity index (χ1v) is 6.89. The van der Waals surface area contributed by atoms with E-state index in [1.165, 1.54) is 0 Å². The van der Waals surface area contributed by atoms with Crippen molar-refractivity contribution in [1.82, 2.24) is 20.4 Å². The molecule has 0 atom stereocenters. The van der Waals surface area contributed by atoms with Crippen molar-refractivity contribution < 1.29 is 9.21 Å². The highest BCUT2D eigenvalue weighted by Crippen LogP contribution is 2.19. The molecule has 7 nitrogen and oxygen atoms in total. The normalized spacial score (nSPS) is 19.6. The third kappa shape index (κ3) is 2.80. The summed E-state index contributed by atoms with van der Waals surface area (Å²) < 4.78 is 5.53. The van der Waals surface area contributed by atoms with Crippen molar-refractivity contribution in [1.29, 1.82) is 0 Å². The summed E-state index contributed by atoms with van der Waals surface area (Å²) >= 11 is 0. The molecule has 2 aliphatic rings. The van der Waals surface area contributed by atoms with E-state index in [0.29, 0.717) is 31.0 Å². The molecule has 0 radical (unpaired) electrons. The fourth-order valence-electron chi connectivity index (χ4n) is 2.11. The van der Waals surface area contributed by atoms with Crippen molar-refractivity contribution >= 4 is 12.0 Å². The Hall–Kier alpha value is -1.79. The Labute approximate surface area is 112 Å². The summed E-state index contributed by atoms with van der Waals surface area (Å²) in [5.41, 5.74) is 0. The third-order valence-corrected chi connectivity index (χ3v) is 3.50. The Morgan fingerprint density at radius 1 is 1.32 bits per heavy atom. The van der Waals surface area contributed by atoms with Crippen LogP contribution in [0.3, 0.4) is 0 Å². The maximum atomic E-state index is 11.9. The first kappa shape index (κ1) is 12.3. The quantitative estimate of drug-likeness (QED) is 0.867. The van der Waals surface area contributed by atoms with Crippen molar-refractivity contribution in [3.05, 3.63) is 5.89 Å². The lowest BCUT2D eigenvalue weighted by atomic mass is 10.3. The molecule has 2 fully saturated rings. The third-order valence-electron chi connectivity index (χ3n) is 3.50. The molecule has 0 unspecified atom stereocenters. The Bertz CT molecular complexity index is 449. The van der Waals surface area contributed by atoms with Gasteiger partial charge >= 0.3 is 12.0 Å². The monoisotopic (exact) mass is 265 g/mol. The standard InChI is InChI=1S/C12H19N5O2/c1-2-10-14-15-12(19-10)17-7-5-16(6-8-17)11(18)13-9-3-4-9/h9H,2-8H2,1H3,(H,13,18). The van der Waals surface area contributed by atoms with Gasteiger partial charge in [-0.05, 0) is 12.8 Å². The molecular weight excluding hydrogens is 246 g/mol. The molecule has 3 rings (SSSR count). The number of urea groups is 1. The number of aryl methyl sites for hydroxylation is 1. The van der Waals surface area contributed by atoms with Gasteiger partial charge in [-0.2, -0.15) is 0 Å². The molecule has 0 bridgehead atoms. The minimum atomic E-state index is 0.0573. The van der Waals surface area contributed by atoms with Crippen LogP contribution in [0.15, 0.2) is 4.42 Å². The zero-order valence-corrected chi connectivity index (χ0v) is 11.1. The molecule has 2 amide bonds. The second-order valence-corrected chi connectivity index (χ2v) is 5.03. The van der Waals surface area contributed by atoms with E-state index >= 15 is 0 Å². The average Bonchev–Trinajstić information content (AvgIpc) is 3.12. The highest BCUT2D eigenvalue weighted by Gasteiger charge is 2.28. The molecule has 1 saturated carbocycles. The second kappa shape index (κ2) is 5.07. The van der Waals surface area contributed by atoms with Crippen LogP contribution in [0.4, 0.5) is 10.8 Å². The summed E-state index contributed by atoms with van der Waals surface area (Å²) in [5, 5.41) is 11.0. The summed E-state index contributed by atoms with van der Waals surface area (Å²) in [4.78, 5) is 15.8. The van der Waals surface area contributed by atoms with Crippen LogP contribution in [0.2, 0.25) is 0 Å². The average molecular weight is 265 g/mol. The van der Waals surface area contributed by atoms with Gasteiger partial charge in [-0.15, -0.1) is 5.10 Å². The molecule has 2 heterocycles. The van der Waals surface area contributed by atoms with Gasteiger partial charge in [0.25, 0.3) is 0 Å². The molecule has 19 heavy (non-hydrogen) atoms. The van der Waals surface area contributed by atoms with Crippen LogP contribution in [0.25, 0.3) is 0 Å². The molecule has 0 aromatic carbocycles. The first-order valence-electron chi connectivity index (χ1n) is 6.89. The van der Waals surface area contributed by atoms with Gasteiger partial charge in [-0.3, -0.25) is 0 Å². The predicted molar refractivity (Wildman–Crippen MR) is 69.0 cm³/mol. The van der Waals surface area contributed by atoms with E-state index in [0.717, 1.165) is 32.4 Å². The Balaban J connectivity index is 1.52. The number of hydrogen-bond acceptors (Lipinski definition) is 5. The van der Waals surface area contributed by atoms with Crippen molar-refractivity contribution in [3.63, 3.8) is 0 Å². The highest BCUT2D eigenvalue weighted by molar-refractivity contribution is 5.75. The molecule has 7 heteroatoms. The lowest BCUT2D eigenvalue weighted by Crippen LogP contribution is -2.52. The Kier molecular flexibility index (Phi) is 3.27. The van der Waals surface area contributed by atoms with E-state index in [-0.39, 0.29) is 6.03 Å². The minimum Gasteiger partial charge on any atom is -0.408 e. The molecule has 1 N–H and O–H groups in total. The number of anilines is 1. The van der Waals surface area contributed by atoms with Gasteiger partial charge in [0.1, 0.15) is 0 Å². The predicted octanol–water partition coefficient (Wildman–Crippen LogP) is 0.626. The maximum Gasteiger partial charge on any atom is 0.318 e. The van der Waals surface area contributed by atoms with Gasteiger partial charge in [0.15, 0.2) is 0 Å². The second-order valence-electron chi connectivity index (χ2n) is 5.03. The van der Waals surface area contributed by atoms with Gasteiger partial charge < -0.3 is 19.5 Å². The molecule has 1 saturated heterocycles. The number of carbonyl (C=O) groups is 1. The summed E-state index contributed by atoms with van der Waals surface area (Å²) in [6, 6.07) is 1.04. The fourth-order valence-corrected chi connectivity index (χ4v) is 2.11. The van der Waals surface area contributed by atoms with Crippen LogP contribution in [0.1, 0.15) is 25.7 Å². The number of carbonyl (C=O) groups excluding carboxylic acids is 1. The number of amides is 2. The summed E-state index contributed by atoms with van der Waals surface area (Å²) in [7, 11) is 0. The van der Waals surface area contributed by atoms with Crippen LogP contribution in [0, 0.1) is 0 Å². The largest absolute Gasteiger partial charge is 0.408 e. The number of aromatic nitrogens is 2. The lowest BCUT2D eigenvalue weighted by Gasteiger charge is -2.33. The number of nitrogens with one attached hydrogen (secondary N) is 1. The van der Waals surface area contributed by atoms with E-state index < -0.39 is 0 Å². The van der Waals surface area contributed by atoms with E-state index in [1.54, 1.807) is 0 Å². The van der Waals surface area contributed by atoms with Gasteiger partial charge in [0, 0.05) is 38.6 Å². The number of piperazine rings is 1. The van der Waals surface area contributed by atoms with Crippen molar-refractivity contribution in [3.8, 4) is 0 Å². The van der Waals surface area contributed by atoms with Crippen LogP contribution in [-0.2, 0) is 6.42 Å². The number of rotatable bonds is 3. The van der Waals surface area contributed by atoms with Crippen LogP contribution in [-0.4, -0.2) is 53.3 Å². The van der Waals surface area contributed by atoms with Crippen molar-refractivity contribution in [2.24, 2.45) is 0 Å². The van der Waals surface area contributed by atoms with Crippen LogP contribution in [0.5, 0.6) is 0 Å². The summed E-state index contributed by atoms with van der Waals surface area (Å²) in [6.07, 6.45) is 2.98. The maximum absolute atomic E-state index is 11.9. The topological polar surface area (TPSA) is 74.5 Å². The van der Waals surface area contributed by atoms with Crippen LogP contribution >= 0.6 is 0 Å². The van der Waals surface area contributed by atoms with Crippen molar-refractivity contribution in [2.75, 3.05) is 31.1 Å². The van der Waals surface area contributed by atoms with E-state index in [4.69, 9.17) is 4.42 Å². The van der Waals surface area contributed by atoms with Gasteiger partial charge in [0.05, 0.1) is 0 Å². The lowest BCUT2D eigenvalue weighted by molar-refractivity contribution is 0.193. The Morgan fingerprint density at radius 3 is 2.63 bits per heavy atom. The minimum absolute atomic E-state index is 0.0573. The smallest absolute Gasteiger partial charge is 0.318 e. The number of hydrogen-bond donors (Lipinski definition) is 1. The van der Waals surface area contributed by atoms with Gasteiger partial charge in [0.2, 0.25) is 5.89 Å². The molecule has 1 aromatic rings. The van der Waals surface area contributed by atoms with Gasteiger partial charge in [-0.25, -0.2) is 4.79 Å². The highest BCUT2D eigenvalue weighted by atomic mass is 16.4. The zero-order chi connectivity index (χ0) is 13.2. The Morgan fingerprint density at radius 2 is 2.05 bits per heavy atom. The summed E-state index contributed by atoms with van der Waals surface area (Å²) in [5.74, 6) is 0.656. The molecule has 1 aromatic heterocycles. The summed E-state index contributed by atoms with van der Waals surface area (Å²) in [6.45, 7) is 4.86. The zero-order valence-electron chi connectivity index (χ0n) is 11.1. The molecule has 1 aliphatic heterocycles. The first-order chi connectivity index (χ1) is 9.26. The van der Waals surface area contributed by atoms with Crippen LogP contribution < -0.4 is 10.2 Å². The van der Waals surface area contributed by atoms with Crippen molar-refractivity contribution in [2.45, 2.75) is 32.2 Å². The van der Waals surface area contributed by atoms with E-state index in [2.05, 4.69) is 15.5 Å².